The zero-order chi connectivity index (χ0) is 11.6. The van der Waals surface area contributed by atoms with Gasteiger partial charge in [0.05, 0.1) is 5.54 Å². The number of nitrogens with zero attached hydrogens (tertiary/aromatic N) is 1. The van der Waals surface area contributed by atoms with E-state index in [0.29, 0.717) is 13.1 Å². The number of hydrogen-bond acceptors (Lipinski definition) is 2. The first-order valence-corrected chi connectivity index (χ1v) is 5.78. The second-order valence-corrected chi connectivity index (χ2v) is 4.64. The predicted molar refractivity (Wildman–Crippen MR) is 64.2 cm³/mol. The van der Waals surface area contributed by atoms with Gasteiger partial charge in [-0.3, -0.25) is 4.79 Å². The SMILES string of the molecule is CCCC1(N)CN(C(=O)c2ccccc2)C1. The summed E-state index contributed by atoms with van der Waals surface area (Å²) in [6, 6.07) is 9.37. The monoisotopic (exact) mass is 218 g/mol. The van der Waals surface area contributed by atoms with Gasteiger partial charge in [-0.05, 0) is 18.6 Å². The molecule has 1 aromatic rings. The molecule has 1 aromatic carbocycles. The first-order chi connectivity index (χ1) is 7.64. The lowest BCUT2D eigenvalue weighted by Gasteiger charge is -2.47. The van der Waals surface area contributed by atoms with Crippen LogP contribution in [-0.4, -0.2) is 29.4 Å². The third kappa shape index (κ3) is 2.09. The van der Waals surface area contributed by atoms with Crippen LogP contribution in [-0.2, 0) is 0 Å². The van der Waals surface area contributed by atoms with Crippen LogP contribution in [0.25, 0.3) is 0 Å². The van der Waals surface area contributed by atoms with E-state index < -0.39 is 0 Å². The van der Waals surface area contributed by atoms with Gasteiger partial charge >= 0.3 is 0 Å². The molecule has 1 fully saturated rings. The molecule has 0 radical (unpaired) electrons. The largest absolute Gasteiger partial charge is 0.335 e. The Morgan fingerprint density at radius 1 is 1.38 bits per heavy atom. The summed E-state index contributed by atoms with van der Waals surface area (Å²) in [5, 5.41) is 0. The molecule has 1 saturated heterocycles. The molecule has 0 unspecified atom stereocenters. The summed E-state index contributed by atoms with van der Waals surface area (Å²) in [4.78, 5) is 13.8. The minimum atomic E-state index is -0.140. The smallest absolute Gasteiger partial charge is 0.253 e. The van der Waals surface area contributed by atoms with E-state index in [4.69, 9.17) is 5.73 Å². The van der Waals surface area contributed by atoms with Gasteiger partial charge in [-0.2, -0.15) is 0 Å². The topological polar surface area (TPSA) is 46.3 Å². The molecular formula is C13H18N2O. The van der Waals surface area contributed by atoms with E-state index >= 15 is 0 Å². The molecule has 1 amide bonds. The number of hydrogen-bond donors (Lipinski definition) is 1. The number of carbonyl (C=O) groups is 1. The van der Waals surface area contributed by atoms with Crippen molar-refractivity contribution in [2.24, 2.45) is 5.73 Å². The van der Waals surface area contributed by atoms with Crippen molar-refractivity contribution in [2.75, 3.05) is 13.1 Å². The van der Waals surface area contributed by atoms with Gasteiger partial charge in [0.15, 0.2) is 0 Å². The summed E-state index contributed by atoms with van der Waals surface area (Å²) in [5.41, 5.74) is 6.74. The maximum Gasteiger partial charge on any atom is 0.253 e. The molecule has 2 N–H and O–H groups in total. The van der Waals surface area contributed by atoms with E-state index in [2.05, 4.69) is 6.92 Å². The first-order valence-electron chi connectivity index (χ1n) is 5.78. The van der Waals surface area contributed by atoms with Crippen molar-refractivity contribution >= 4 is 5.91 Å². The zero-order valence-corrected chi connectivity index (χ0v) is 9.65. The van der Waals surface area contributed by atoms with E-state index in [1.54, 1.807) is 0 Å². The van der Waals surface area contributed by atoms with Crippen LogP contribution >= 0.6 is 0 Å². The van der Waals surface area contributed by atoms with Crippen LogP contribution in [0.2, 0.25) is 0 Å². The van der Waals surface area contributed by atoms with Crippen molar-refractivity contribution in [2.45, 2.75) is 25.3 Å². The Kier molecular flexibility index (Phi) is 2.97. The van der Waals surface area contributed by atoms with Gasteiger partial charge in [0.1, 0.15) is 0 Å². The number of nitrogens with two attached hydrogens (primary N) is 1. The van der Waals surface area contributed by atoms with Gasteiger partial charge in [-0.1, -0.05) is 31.5 Å². The van der Waals surface area contributed by atoms with Gasteiger partial charge in [0.2, 0.25) is 0 Å². The molecule has 0 bridgehead atoms. The Labute approximate surface area is 96.2 Å². The van der Waals surface area contributed by atoms with Gasteiger partial charge in [0, 0.05) is 18.7 Å². The van der Waals surface area contributed by atoms with Crippen LogP contribution in [0.3, 0.4) is 0 Å². The molecule has 16 heavy (non-hydrogen) atoms. The number of likely N-dealkylation sites (tertiary alicyclic amines) is 1. The standard InChI is InChI=1S/C13H18N2O/c1-2-8-13(14)9-15(10-13)12(16)11-6-4-3-5-7-11/h3-7H,2,8-10,14H2,1H3. The maximum absolute atomic E-state index is 12.0. The van der Waals surface area contributed by atoms with Crippen molar-refractivity contribution in [3.8, 4) is 0 Å². The lowest BCUT2D eigenvalue weighted by Crippen LogP contribution is -2.68. The Hall–Kier alpha value is -1.35. The molecule has 0 saturated carbocycles. The highest BCUT2D eigenvalue weighted by molar-refractivity contribution is 5.94. The molecule has 3 nitrogen and oxygen atoms in total. The van der Waals surface area contributed by atoms with Gasteiger partial charge in [-0.25, -0.2) is 0 Å². The summed E-state index contributed by atoms with van der Waals surface area (Å²) >= 11 is 0. The van der Waals surface area contributed by atoms with Crippen molar-refractivity contribution < 1.29 is 4.79 Å². The van der Waals surface area contributed by atoms with Crippen molar-refractivity contribution in [1.29, 1.82) is 0 Å². The Morgan fingerprint density at radius 3 is 2.56 bits per heavy atom. The fraction of sp³-hybridized carbons (Fsp3) is 0.462. The number of benzene rings is 1. The fourth-order valence-electron chi connectivity index (χ4n) is 2.28. The van der Waals surface area contributed by atoms with Crippen LogP contribution in [0.5, 0.6) is 0 Å². The molecule has 3 heteroatoms. The highest BCUT2D eigenvalue weighted by atomic mass is 16.2. The van der Waals surface area contributed by atoms with Gasteiger partial charge in [-0.15, -0.1) is 0 Å². The van der Waals surface area contributed by atoms with E-state index in [-0.39, 0.29) is 11.4 Å². The number of carbonyl (C=O) groups excluding carboxylic acids is 1. The minimum Gasteiger partial charge on any atom is -0.335 e. The minimum absolute atomic E-state index is 0.0952. The summed E-state index contributed by atoms with van der Waals surface area (Å²) in [7, 11) is 0. The Balaban J connectivity index is 1.96. The van der Waals surface area contributed by atoms with E-state index in [1.165, 1.54) is 0 Å². The highest BCUT2D eigenvalue weighted by Gasteiger charge is 2.41. The van der Waals surface area contributed by atoms with E-state index in [9.17, 15) is 4.79 Å². The first kappa shape index (κ1) is 11.1. The van der Waals surface area contributed by atoms with Crippen LogP contribution in [0.4, 0.5) is 0 Å². The van der Waals surface area contributed by atoms with Crippen LogP contribution in [0, 0.1) is 0 Å². The molecular weight excluding hydrogens is 200 g/mol. The Morgan fingerprint density at radius 2 is 2.00 bits per heavy atom. The number of amides is 1. The molecule has 1 heterocycles. The molecule has 2 rings (SSSR count). The lowest BCUT2D eigenvalue weighted by molar-refractivity contribution is 0.0386. The zero-order valence-electron chi connectivity index (χ0n) is 9.65. The van der Waals surface area contributed by atoms with E-state index in [1.807, 2.05) is 35.2 Å². The lowest BCUT2D eigenvalue weighted by atomic mass is 9.86. The van der Waals surface area contributed by atoms with E-state index in [0.717, 1.165) is 18.4 Å². The second kappa shape index (κ2) is 4.26. The second-order valence-electron chi connectivity index (χ2n) is 4.64. The van der Waals surface area contributed by atoms with Gasteiger partial charge < -0.3 is 10.6 Å². The normalized spacial score (nSPS) is 18.0. The maximum atomic E-state index is 12.0. The van der Waals surface area contributed by atoms with Crippen molar-refractivity contribution in [3.05, 3.63) is 35.9 Å². The fourth-order valence-corrected chi connectivity index (χ4v) is 2.28. The molecule has 0 spiro atoms. The molecule has 1 aliphatic rings. The predicted octanol–water partition coefficient (Wildman–Crippen LogP) is 1.64. The molecule has 0 aliphatic carbocycles. The van der Waals surface area contributed by atoms with Crippen LogP contribution < -0.4 is 5.73 Å². The van der Waals surface area contributed by atoms with Gasteiger partial charge in [0.25, 0.3) is 5.91 Å². The van der Waals surface area contributed by atoms with Crippen LogP contribution in [0.1, 0.15) is 30.1 Å². The van der Waals surface area contributed by atoms with Crippen LogP contribution in [0.15, 0.2) is 30.3 Å². The average molecular weight is 218 g/mol. The quantitative estimate of drug-likeness (QED) is 0.838. The summed E-state index contributed by atoms with van der Waals surface area (Å²) in [5.74, 6) is 0.0952. The summed E-state index contributed by atoms with van der Waals surface area (Å²) < 4.78 is 0. The van der Waals surface area contributed by atoms with Crippen molar-refractivity contribution in [1.82, 2.24) is 4.90 Å². The third-order valence-corrected chi connectivity index (χ3v) is 3.07. The average Bonchev–Trinajstić information content (AvgIpc) is 2.26. The number of rotatable bonds is 3. The molecule has 0 atom stereocenters. The molecule has 86 valence electrons. The van der Waals surface area contributed by atoms with Crippen molar-refractivity contribution in [3.63, 3.8) is 0 Å². The highest BCUT2D eigenvalue weighted by Crippen LogP contribution is 2.24. The third-order valence-electron chi connectivity index (χ3n) is 3.07. The Bertz CT molecular complexity index is 369. The molecule has 0 aromatic heterocycles. The summed E-state index contributed by atoms with van der Waals surface area (Å²) in [6.07, 6.45) is 2.06. The summed E-state index contributed by atoms with van der Waals surface area (Å²) in [6.45, 7) is 3.50. The molecule has 1 aliphatic heterocycles.